The Morgan fingerprint density at radius 3 is 2.65 bits per heavy atom. The van der Waals surface area contributed by atoms with E-state index >= 15 is 0 Å². The number of pyridine rings is 1. The van der Waals surface area contributed by atoms with E-state index in [1.54, 1.807) is 18.2 Å². The van der Waals surface area contributed by atoms with Gasteiger partial charge in [0.25, 0.3) is 9.05 Å². The highest BCUT2D eigenvalue weighted by atomic mass is 35.7. The second-order valence-electron chi connectivity index (χ2n) is 3.89. The Bertz CT molecular complexity index is 745. The lowest BCUT2D eigenvalue weighted by atomic mass is 10.3. The monoisotopic (exact) mass is 313 g/mol. The number of nitrogens with zero attached hydrogens (tertiary/aromatic N) is 1. The molecule has 0 fully saturated rings. The van der Waals surface area contributed by atoms with Crippen molar-refractivity contribution >= 4 is 19.7 Å². The van der Waals surface area contributed by atoms with Crippen molar-refractivity contribution in [2.24, 2.45) is 0 Å². The van der Waals surface area contributed by atoms with E-state index in [0.29, 0.717) is 17.2 Å². The molecule has 0 saturated heterocycles. The number of halogens is 1. The number of hydrogen-bond donors (Lipinski definition) is 0. The van der Waals surface area contributed by atoms with Crippen molar-refractivity contribution in [3.8, 4) is 23.1 Å². The van der Waals surface area contributed by atoms with E-state index in [1.165, 1.54) is 12.1 Å². The van der Waals surface area contributed by atoms with Crippen LogP contribution in [0.1, 0.15) is 0 Å². The third-order valence-corrected chi connectivity index (χ3v) is 3.90. The lowest BCUT2D eigenvalue weighted by Crippen LogP contribution is -1.93. The van der Waals surface area contributed by atoms with Gasteiger partial charge in [0.2, 0.25) is 12.7 Å². The lowest BCUT2D eigenvalue weighted by Gasteiger charge is -2.05. The second-order valence-corrected chi connectivity index (χ2v) is 6.45. The maximum Gasteiger partial charge on any atom is 0.262 e. The normalized spacial score (nSPS) is 13.2. The van der Waals surface area contributed by atoms with E-state index < -0.39 is 9.05 Å². The van der Waals surface area contributed by atoms with Crippen LogP contribution >= 0.6 is 10.7 Å². The van der Waals surface area contributed by atoms with Gasteiger partial charge in [-0.1, -0.05) is 0 Å². The van der Waals surface area contributed by atoms with Crippen LogP contribution in [0.4, 0.5) is 0 Å². The highest BCUT2D eigenvalue weighted by Gasteiger charge is 2.15. The van der Waals surface area contributed by atoms with Crippen LogP contribution in [-0.4, -0.2) is 20.2 Å². The van der Waals surface area contributed by atoms with E-state index in [1.807, 2.05) is 0 Å². The van der Waals surface area contributed by atoms with Gasteiger partial charge in [0, 0.05) is 22.8 Å². The van der Waals surface area contributed by atoms with Crippen molar-refractivity contribution in [1.82, 2.24) is 4.98 Å². The van der Waals surface area contributed by atoms with Crippen molar-refractivity contribution in [3.05, 3.63) is 36.5 Å². The zero-order valence-electron chi connectivity index (χ0n) is 9.95. The highest BCUT2D eigenvalue weighted by molar-refractivity contribution is 8.13. The maximum absolute atomic E-state index is 11.1. The summed E-state index contributed by atoms with van der Waals surface area (Å²) in [5, 5.41) is 0. The van der Waals surface area contributed by atoms with Crippen LogP contribution in [0.2, 0.25) is 0 Å². The van der Waals surface area contributed by atoms with E-state index in [0.717, 1.165) is 6.20 Å². The largest absolute Gasteiger partial charge is 0.454 e. The van der Waals surface area contributed by atoms with Crippen LogP contribution in [0.3, 0.4) is 0 Å². The molecule has 3 rings (SSSR count). The predicted octanol–water partition coefficient (Wildman–Crippen LogP) is 2.53. The molecule has 1 aliphatic rings. The summed E-state index contributed by atoms with van der Waals surface area (Å²) >= 11 is 0. The predicted molar refractivity (Wildman–Crippen MR) is 69.9 cm³/mol. The van der Waals surface area contributed by atoms with Gasteiger partial charge in [-0.2, -0.15) is 0 Å². The first kappa shape index (κ1) is 13.0. The van der Waals surface area contributed by atoms with E-state index in [2.05, 4.69) is 4.98 Å². The Kier molecular flexibility index (Phi) is 3.15. The number of fused-ring (bicyclic) bond motifs is 1. The standard InChI is InChI=1S/C12H8ClNO5S/c13-20(15,16)9-2-4-12(14-6-9)19-8-1-3-10-11(5-8)18-7-17-10/h1-6H,7H2. The molecular formula is C12H8ClNO5S. The van der Waals surface area contributed by atoms with Gasteiger partial charge in [-0.05, 0) is 18.2 Å². The second kappa shape index (κ2) is 4.84. The summed E-state index contributed by atoms with van der Waals surface area (Å²) in [5.74, 6) is 1.98. The van der Waals surface area contributed by atoms with Crippen LogP contribution in [0.25, 0.3) is 0 Å². The minimum absolute atomic E-state index is 0.0859. The average molecular weight is 314 g/mol. The first-order valence-corrected chi connectivity index (χ1v) is 7.81. The minimum Gasteiger partial charge on any atom is -0.454 e. The molecule has 20 heavy (non-hydrogen) atoms. The summed E-state index contributed by atoms with van der Waals surface area (Å²) in [6, 6.07) is 7.81. The van der Waals surface area contributed by atoms with Gasteiger partial charge in [0.1, 0.15) is 10.6 Å². The number of benzene rings is 1. The molecule has 0 saturated carbocycles. The van der Waals surface area contributed by atoms with Crippen molar-refractivity contribution in [3.63, 3.8) is 0 Å². The molecule has 6 nitrogen and oxygen atoms in total. The summed E-state index contributed by atoms with van der Waals surface area (Å²) in [5.41, 5.74) is 0. The molecule has 0 amide bonds. The van der Waals surface area contributed by atoms with Crippen molar-refractivity contribution in [1.29, 1.82) is 0 Å². The first-order valence-electron chi connectivity index (χ1n) is 5.50. The summed E-state index contributed by atoms with van der Waals surface area (Å²) in [6.45, 7) is 0.180. The molecule has 0 radical (unpaired) electrons. The zero-order valence-corrected chi connectivity index (χ0v) is 11.5. The fourth-order valence-electron chi connectivity index (χ4n) is 1.63. The molecule has 0 bridgehead atoms. The van der Waals surface area contributed by atoms with Gasteiger partial charge >= 0.3 is 0 Å². The Labute approximate surface area is 119 Å². The number of rotatable bonds is 3. The first-order chi connectivity index (χ1) is 9.52. The summed E-state index contributed by atoms with van der Waals surface area (Å²) in [7, 11) is 1.41. The molecule has 0 spiro atoms. The van der Waals surface area contributed by atoms with Gasteiger partial charge in [0.05, 0.1) is 6.20 Å². The third kappa shape index (κ3) is 2.63. The fraction of sp³-hybridized carbons (Fsp3) is 0.0833. The van der Waals surface area contributed by atoms with Crippen LogP contribution in [-0.2, 0) is 9.05 Å². The minimum atomic E-state index is -3.78. The van der Waals surface area contributed by atoms with Gasteiger partial charge in [0.15, 0.2) is 11.5 Å². The molecule has 2 heterocycles. The summed E-state index contributed by atoms with van der Waals surface area (Å²) in [4.78, 5) is 3.79. The van der Waals surface area contributed by atoms with Crippen LogP contribution in [0, 0.1) is 0 Å². The maximum atomic E-state index is 11.1. The molecule has 0 aliphatic carbocycles. The van der Waals surface area contributed by atoms with Gasteiger partial charge in [-0.3, -0.25) is 0 Å². The number of hydrogen-bond acceptors (Lipinski definition) is 6. The SMILES string of the molecule is O=S(=O)(Cl)c1ccc(Oc2ccc3c(c2)OCO3)nc1. The number of ether oxygens (including phenoxy) is 3. The lowest BCUT2D eigenvalue weighted by molar-refractivity contribution is 0.174. The van der Waals surface area contributed by atoms with Gasteiger partial charge in [-0.25, -0.2) is 13.4 Å². The molecule has 2 aromatic rings. The molecule has 8 heteroatoms. The van der Waals surface area contributed by atoms with Gasteiger partial charge in [-0.15, -0.1) is 0 Å². The van der Waals surface area contributed by atoms with Crippen molar-refractivity contribution in [2.45, 2.75) is 4.90 Å². The van der Waals surface area contributed by atoms with E-state index in [4.69, 9.17) is 24.9 Å². The Balaban J connectivity index is 1.81. The topological polar surface area (TPSA) is 74.7 Å². The van der Waals surface area contributed by atoms with Gasteiger partial charge < -0.3 is 14.2 Å². The zero-order chi connectivity index (χ0) is 14.2. The Morgan fingerprint density at radius 2 is 1.95 bits per heavy atom. The third-order valence-electron chi connectivity index (χ3n) is 2.56. The molecule has 104 valence electrons. The Morgan fingerprint density at radius 1 is 1.15 bits per heavy atom. The smallest absolute Gasteiger partial charge is 0.262 e. The van der Waals surface area contributed by atoms with Crippen LogP contribution < -0.4 is 14.2 Å². The molecule has 1 aromatic carbocycles. The summed E-state index contributed by atoms with van der Waals surface area (Å²) in [6.07, 6.45) is 1.13. The van der Waals surface area contributed by atoms with Crippen molar-refractivity contribution in [2.75, 3.05) is 6.79 Å². The molecule has 1 aromatic heterocycles. The molecule has 0 unspecified atom stereocenters. The average Bonchev–Trinajstić information content (AvgIpc) is 2.86. The molecule has 1 aliphatic heterocycles. The molecule has 0 N–H and O–H groups in total. The molecular weight excluding hydrogens is 306 g/mol. The highest BCUT2D eigenvalue weighted by Crippen LogP contribution is 2.36. The van der Waals surface area contributed by atoms with Crippen molar-refractivity contribution < 1.29 is 22.6 Å². The number of aromatic nitrogens is 1. The fourth-order valence-corrected chi connectivity index (χ4v) is 2.32. The Hall–Kier alpha value is -1.99. The van der Waals surface area contributed by atoms with E-state index in [9.17, 15) is 8.42 Å². The van der Waals surface area contributed by atoms with Crippen LogP contribution in [0.5, 0.6) is 23.1 Å². The summed E-state index contributed by atoms with van der Waals surface area (Å²) < 4.78 is 38.1. The van der Waals surface area contributed by atoms with E-state index in [-0.39, 0.29) is 17.6 Å². The molecule has 0 atom stereocenters. The van der Waals surface area contributed by atoms with Crippen LogP contribution in [0.15, 0.2) is 41.4 Å². The quantitative estimate of drug-likeness (QED) is 0.811.